The predicted molar refractivity (Wildman–Crippen MR) is 240 cm³/mol. The number of nitrogens with zero attached hydrogens (tertiary/aromatic N) is 2. The number of rotatable bonds is 6. The first-order valence-electron chi connectivity index (χ1n) is 18.8. The minimum Gasteiger partial charge on any atom is -0.228 e. The maximum Gasteiger partial charge on any atom is 0.160 e. The molecule has 11 aromatic rings. The molecule has 2 nitrogen and oxygen atoms in total. The summed E-state index contributed by atoms with van der Waals surface area (Å²) in [5, 5.41) is 5.23. The fourth-order valence-electron chi connectivity index (χ4n) is 7.87. The van der Waals surface area contributed by atoms with Crippen LogP contribution in [0.4, 0.5) is 0 Å². The first kappa shape index (κ1) is 32.7. The quantitative estimate of drug-likeness (QED) is 0.169. The van der Waals surface area contributed by atoms with Gasteiger partial charge < -0.3 is 0 Å². The number of hydrogen-bond acceptors (Lipinski definition) is 4. The van der Waals surface area contributed by atoms with E-state index in [1.165, 1.54) is 57.0 Å². The molecule has 0 aliphatic rings. The van der Waals surface area contributed by atoms with Crippen molar-refractivity contribution < 1.29 is 0 Å². The van der Waals surface area contributed by atoms with Crippen LogP contribution >= 0.6 is 22.7 Å². The molecular formula is C52H32N2S2. The molecule has 0 bridgehead atoms. The van der Waals surface area contributed by atoms with Gasteiger partial charge in [0.05, 0.1) is 11.4 Å². The Morgan fingerprint density at radius 1 is 0.250 bits per heavy atom. The number of fused-ring (bicyclic) bond motifs is 6. The molecule has 8 aromatic carbocycles. The molecule has 0 atom stereocenters. The second kappa shape index (κ2) is 13.5. The van der Waals surface area contributed by atoms with Crippen LogP contribution in [-0.4, -0.2) is 9.97 Å². The fraction of sp³-hybridized carbons (Fsp3) is 0. The summed E-state index contributed by atoms with van der Waals surface area (Å²) in [6.45, 7) is 0. The molecule has 0 saturated carbocycles. The average molecular weight is 749 g/mol. The maximum absolute atomic E-state index is 5.28. The topological polar surface area (TPSA) is 25.8 Å². The largest absolute Gasteiger partial charge is 0.228 e. The lowest BCUT2D eigenvalue weighted by molar-refractivity contribution is 1.18. The van der Waals surface area contributed by atoms with Gasteiger partial charge in [-0.05, 0) is 88.0 Å². The van der Waals surface area contributed by atoms with Gasteiger partial charge in [0.2, 0.25) is 0 Å². The lowest BCUT2D eigenvalue weighted by atomic mass is 9.94. The van der Waals surface area contributed by atoms with Crippen LogP contribution in [-0.2, 0) is 0 Å². The lowest BCUT2D eigenvalue weighted by Crippen LogP contribution is -1.97. The zero-order valence-electron chi connectivity index (χ0n) is 30.2. The standard InChI is InChI=1S/C52H32N2S2/c1-3-12-33(13-4-1)39-27-40(37-23-25-45-43-19-8-10-21-49(43)56-51(45)31-37)29-41(28-39)47-32-46(53-52(54-47)34-14-5-2-6-15-34)38-17-11-16-35(26-38)36-22-24-44-42-18-7-9-20-48(42)55-50(44)30-36/h1-32H. The van der Waals surface area contributed by atoms with Gasteiger partial charge in [0.15, 0.2) is 5.82 Å². The first-order chi connectivity index (χ1) is 27.7. The van der Waals surface area contributed by atoms with E-state index < -0.39 is 0 Å². The molecule has 262 valence electrons. The van der Waals surface area contributed by atoms with Gasteiger partial charge in [-0.1, -0.05) is 140 Å². The molecule has 0 unspecified atom stereocenters. The fourth-order valence-corrected chi connectivity index (χ4v) is 10.2. The third-order valence-corrected chi connectivity index (χ3v) is 12.9. The van der Waals surface area contributed by atoms with Crippen LogP contribution in [0.1, 0.15) is 0 Å². The smallest absolute Gasteiger partial charge is 0.160 e. The zero-order chi connectivity index (χ0) is 37.0. The lowest BCUT2D eigenvalue weighted by Gasteiger charge is -2.14. The molecule has 0 fully saturated rings. The third kappa shape index (κ3) is 5.88. The molecule has 3 heterocycles. The summed E-state index contributed by atoms with van der Waals surface area (Å²) < 4.78 is 5.21. The average Bonchev–Trinajstić information content (AvgIpc) is 3.84. The van der Waals surface area contributed by atoms with Gasteiger partial charge in [-0.3, -0.25) is 0 Å². The summed E-state index contributed by atoms with van der Waals surface area (Å²) in [6, 6.07) is 69.8. The van der Waals surface area contributed by atoms with E-state index in [4.69, 9.17) is 9.97 Å². The summed E-state index contributed by atoms with van der Waals surface area (Å²) in [5.41, 5.74) is 11.9. The minimum atomic E-state index is 0.702. The highest BCUT2D eigenvalue weighted by Gasteiger charge is 2.16. The second-order valence-corrected chi connectivity index (χ2v) is 16.4. The van der Waals surface area contributed by atoms with Crippen molar-refractivity contribution in [2.75, 3.05) is 0 Å². The minimum absolute atomic E-state index is 0.702. The molecule has 11 rings (SSSR count). The molecule has 0 N–H and O–H groups in total. The van der Waals surface area contributed by atoms with Crippen molar-refractivity contribution in [3.8, 4) is 67.3 Å². The Morgan fingerprint density at radius 2 is 0.679 bits per heavy atom. The van der Waals surface area contributed by atoms with Gasteiger partial charge in [-0.25, -0.2) is 9.97 Å². The number of aromatic nitrogens is 2. The van der Waals surface area contributed by atoms with Crippen LogP contribution in [0.25, 0.3) is 108 Å². The Balaban J connectivity index is 1.07. The van der Waals surface area contributed by atoms with Gasteiger partial charge in [0.25, 0.3) is 0 Å². The first-order valence-corrected chi connectivity index (χ1v) is 20.4. The predicted octanol–water partition coefficient (Wildman–Crippen LogP) is 15.2. The van der Waals surface area contributed by atoms with Gasteiger partial charge >= 0.3 is 0 Å². The van der Waals surface area contributed by atoms with Crippen LogP contribution in [0, 0.1) is 0 Å². The van der Waals surface area contributed by atoms with E-state index in [1.807, 2.05) is 40.9 Å². The van der Waals surface area contributed by atoms with Gasteiger partial charge in [0, 0.05) is 57.0 Å². The summed E-state index contributed by atoms with van der Waals surface area (Å²) in [5.74, 6) is 0.702. The molecule has 0 aliphatic carbocycles. The number of hydrogen-bond donors (Lipinski definition) is 0. The second-order valence-electron chi connectivity index (χ2n) is 14.2. The summed E-state index contributed by atoms with van der Waals surface area (Å²) in [7, 11) is 0. The molecule has 0 saturated heterocycles. The van der Waals surface area contributed by atoms with Gasteiger partial charge in [-0.15, -0.1) is 22.7 Å². The van der Waals surface area contributed by atoms with Crippen LogP contribution < -0.4 is 0 Å². The van der Waals surface area contributed by atoms with E-state index in [1.54, 1.807) is 0 Å². The van der Waals surface area contributed by atoms with Crippen molar-refractivity contribution in [2.24, 2.45) is 0 Å². The van der Waals surface area contributed by atoms with Gasteiger partial charge in [-0.2, -0.15) is 0 Å². The molecule has 3 aromatic heterocycles. The number of thiophene rings is 2. The normalized spacial score (nSPS) is 11.6. The van der Waals surface area contributed by atoms with E-state index in [0.29, 0.717) is 5.82 Å². The molecule has 4 heteroatoms. The monoisotopic (exact) mass is 748 g/mol. The van der Waals surface area contributed by atoms with Crippen LogP contribution in [0.2, 0.25) is 0 Å². The Kier molecular flexibility index (Phi) is 7.90. The van der Waals surface area contributed by atoms with E-state index >= 15 is 0 Å². The van der Waals surface area contributed by atoms with Crippen molar-refractivity contribution in [1.82, 2.24) is 9.97 Å². The molecule has 0 radical (unpaired) electrons. The summed E-state index contributed by atoms with van der Waals surface area (Å²) in [6.07, 6.45) is 0. The van der Waals surface area contributed by atoms with Crippen LogP contribution in [0.5, 0.6) is 0 Å². The summed E-state index contributed by atoms with van der Waals surface area (Å²) >= 11 is 3.70. The van der Waals surface area contributed by atoms with Crippen molar-refractivity contribution in [1.29, 1.82) is 0 Å². The Labute approximate surface area is 332 Å². The van der Waals surface area contributed by atoms with Crippen molar-refractivity contribution in [3.63, 3.8) is 0 Å². The molecular weight excluding hydrogens is 717 g/mol. The molecule has 0 amide bonds. The van der Waals surface area contributed by atoms with Crippen molar-refractivity contribution in [3.05, 3.63) is 194 Å². The van der Waals surface area contributed by atoms with E-state index in [0.717, 1.165) is 44.8 Å². The Hall–Kier alpha value is -6.72. The highest BCUT2D eigenvalue weighted by atomic mass is 32.1. The molecule has 56 heavy (non-hydrogen) atoms. The third-order valence-electron chi connectivity index (χ3n) is 10.7. The van der Waals surface area contributed by atoms with E-state index in [9.17, 15) is 0 Å². The Morgan fingerprint density at radius 3 is 1.32 bits per heavy atom. The van der Waals surface area contributed by atoms with E-state index in [2.05, 4.69) is 176 Å². The Bertz CT molecular complexity index is 3250. The van der Waals surface area contributed by atoms with Crippen molar-refractivity contribution >= 4 is 63.0 Å². The number of benzene rings is 8. The summed E-state index contributed by atoms with van der Waals surface area (Å²) in [4.78, 5) is 10.5. The highest BCUT2D eigenvalue weighted by Crippen LogP contribution is 2.40. The molecule has 0 aliphatic heterocycles. The SMILES string of the molecule is c1ccc(-c2cc(-c3ccc4c(c3)sc3ccccc34)cc(-c3cc(-c4cccc(-c5ccc6c(c5)sc5ccccc56)c4)nc(-c4ccccc4)n3)c2)cc1. The maximum atomic E-state index is 5.28. The van der Waals surface area contributed by atoms with Gasteiger partial charge in [0.1, 0.15) is 0 Å². The van der Waals surface area contributed by atoms with Crippen LogP contribution in [0.15, 0.2) is 194 Å². The zero-order valence-corrected chi connectivity index (χ0v) is 31.8. The highest BCUT2D eigenvalue weighted by molar-refractivity contribution is 7.26. The van der Waals surface area contributed by atoms with Crippen LogP contribution in [0.3, 0.4) is 0 Å². The van der Waals surface area contributed by atoms with Crippen molar-refractivity contribution in [2.45, 2.75) is 0 Å². The van der Waals surface area contributed by atoms with E-state index in [-0.39, 0.29) is 0 Å². The molecule has 0 spiro atoms.